The zero-order chi connectivity index (χ0) is 31.7. The zero-order valence-corrected chi connectivity index (χ0v) is 26.0. The van der Waals surface area contributed by atoms with E-state index in [0.717, 1.165) is 26.2 Å². The van der Waals surface area contributed by atoms with Crippen molar-refractivity contribution in [2.24, 2.45) is 0 Å². The van der Waals surface area contributed by atoms with Gasteiger partial charge in [0.2, 0.25) is 11.8 Å². The average molecular weight is 595 g/mol. The SMILES string of the molecule is CCN(CC)CC(=O)Nc1c(C)cc([N+](=O)[O-])cc1C.CCNCC.Cc1cc([N+](=O)[O-])cc(C)c1NC(=O)CCl. The Balaban J connectivity index is 0.000000681. The Bertz CT molecular complexity index is 1140. The Morgan fingerprint density at radius 2 is 1.07 bits per heavy atom. The van der Waals surface area contributed by atoms with E-state index < -0.39 is 9.85 Å². The Kier molecular flexibility index (Phi) is 17.8. The quantitative estimate of drug-likeness (QED) is 0.175. The summed E-state index contributed by atoms with van der Waals surface area (Å²) >= 11 is 5.37. The molecule has 2 aromatic rings. The number of halogens is 1. The Labute approximate surface area is 247 Å². The predicted octanol–water partition coefficient (Wildman–Crippen LogP) is 5.50. The third-order valence-corrected chi connectivity index (χ3v) is 6.11. The number of non-ortho nitro benzene ring substituents is 2. The van der Waals surface area contributed by atoms with Gasteiger partial charge in [0.15, 0.2) is 0 Å². The average Bonchev–Trinajstić information content (AvgIpc) is 2.92. The van der Waals surface area contributed by atoms with E-state index in [4.69, 9.17) is 11.6 Å². The number of nitrogens with one attached hydrogen (secondary N) is 3. The van der Waals surface area contributed by atoms with Gasteiger partial charge in [0.1, 0.15) is 5.88 Å². The van der Waals surface area contributed by atoms with Crippen molar-refractivity contribution in [3.05, 3.63) is 66.7 Å². The fourth-order valence-electron chi connectivity index (χ4n) is 3.74. The second-order valence-electron chi connectivity index (χ2n) is 9.07. The molecule has 2 rings (SSSR count). The van der Waals surface area contributed by atoms with Crippen LogP contribution in [0.2, 0.25) is 0 Å². The van der Waals surface area contributed by atoms with Gasteiger partial charge in [0, 0.05) is 35.6 Å². The molecule has 0 atom stereocenters. The number of likely N-dealkylation sites (N-methyl/N-ethyl adjacent to an activating group) is 1. The molecule has 3 N–H and O–H groups in total. The third kappa shape index (κ3) is 13.5. The van der Waals surface area contributed by atoms with Crippen LogP contribution in [0, 0.1) is 47.9 Å². The lowest BCUT2D eigenvalue weighted by Gasteiger charge is -2.18. The molecule has 0 unspecified atom stereocenters. The van der Waals surface area contributed by atoms with Crippen molar-refractivity contribution in [1.82, 2.24) is 10.2 Å². The molecule has 13 heteroatoms. The van der Waals surface area contributed by atoms with Gasteiger partial charge in [-0.25, -0.2) is 0 Å². The van der Waals surface area contributed by atoms with E-state index in [1.165, 1.54) is 24.3 Å². The van der Waals surface area contributed by atoms with Crippen molar-refractivity contribution < 1.29 is 19.4 Å². The van der Waals surface area contributed by atoms with E-state index in [2.05, 4.69) is 29.8 Å². The van der Waals surface area contributed by atoms with Crippen LogP contribution in [0.5, 0.6) is 0 Å². The molecule has 228 valence electrons. The van der Waals surface area contributed by atoms with Gasteiger partial charge < -0.3 is 16.0 Å². The smallest absolute Gasteiger partial charge is 0.270 e. The number of rotatable bonds is 11. The van der Waals surface area contributed by atoms with E-state index in [9.17, 15) is 29.8 Å². The van der Waals surface area contributed by atoms with Crippen molar-refractivity contribution in [3.63, 3.8) is 0 Å². The van der Waals surface area contributed by atoms with E-state index in [1.54, 1.807) is 27.7 Å². The van der Waals surface area contributed by atoms with Gasteiger partial charge >= 0.3 is 0 Å². The first-order valence-electron chi connectivity index (χ1n) is 13.4. The van der Waals surface area contributed by atoms with Gasteiger partial charge in [0.25, 0.3) is 11.4 Å². The standard InChI is InChI=1S/C14H21N3O3.C10H11ClN2O3.C4H11N/c1-5-16(6-2)9-13(18)15-14-10(3)7-12(17(19)20)8-11(14)4;1-6-3-8(13(15)16)4-7(2)10(6)12-9(14)5-11;1-3-5-4-2/h7-8H,5-6,9H2,1-4H3,(H,15,18);3-4H,5H2,1-2H3,(H,12,14);5H,3-4H2,1-2H3. The van der Waals surface area contributed by atoms with E-state index in [0.29, 0.717) is 40.2 Å². The fraction of sp³-hybridized carbons (Fsp3) is 0.500. The number of carbonyl (C=O) groups is 2. The molecule has 41 heavy (non-hydrogen) atoms. The number of carbonyl (C=O) groups excluding carboxylic acids is 2. The highest BCUT2D eigenvalue weighted by atomic mass is 35.5. The lowest BCUT2D eigenvalue weighted by Crippen LogP contribution is -2.33. The topological polar surface area (TPSA) is 160 Å². The van der Waals surface area contributed by atoms with Gasteiger partial charge in [-0.2, -0.15) is 0 Å². The molecule has 0 saturated carbocycles. The second kappa shape index (κ2) is 19.5. The highest BCUT2D eigenvalue weighted by Crippen LogP contribution is 2.27. The molecule has 0 spiro atoms. The summed E-state index contributed by atoms with van der Waals surface area (Å²) in [5.74, 6) is -0.578. The normalized spacial score (nSPS) is 10.1. The summed E-state index contributed by atoms with van der Waals surface area (Å²) in [5.41, 5.74) is 3.98. The van der Waals surface area contributed by atoms with Crippen LogP contribution in [0.4, 0.5) is 22.7 Å². The van der Waals surface area contributed by atoms with E-state index in [-0.39, 0.29) is 29.1 Å². The van der Waals surface area contributed by atoms with Gasteiger partial charge in [-0.05, 0) is 76.1 Å². The molecule has 0 saturated heterocycles. The number of benzene rings is 2. The lowest BCUT2D eigenvalue weighted by molar-refractivity contribution is -0.385. The molecule has 2 amide bonds. The predicted molar refractivity (Wildman–Crippen MR) is 165 cm³/mol. The molecule has 0 aromatic heterocycles. The van der Waals surface area contributed by atoms with Gasteiger partial charge in [0.05, 0.1) is 16.4 Å². The van der Waals surface area contributed by atoms with Crippen LogP contribution in [0.1, 0.15) is 49.9 Å². The first-order chi connectivity index (χ1) is 19.2. The van der Waals surface area contributed by atoms with Crippen LogP contribution in [-0.4, -0.2) is 65.2 Å². The van der Waals surface area contributed by atoms with Crippen LogP contribution < -0.4 is 16.0 Å². The number of hydrogen-bond acceptors (Lipinski definition) is 8. The van der Waals surface area contributed by atoms with Gasteiger partial charge in [-0.3, -0.25) is 34.7 Å². The number of hydrogen-bond donors (Lipinski definition) is 3. The highest BCUT2D eigenvalue weighted by molar-refractivity contribution is 6.29. The number of nitrogens with zero attached hydrogens (tertiary/aromatic N) is 3. The van der Waals surface area contributed by atoms with E-state index in [1.807, 2.05) is 18.7 Å². The minimum Gasteiger partial charge on any atom is -0.325 e. The Morgan fingerprint density at radius 3 is 1.32 bits per heavy atom. The fourth-order valence-corrected chi connectivity index (χ4v) is 3.81. The highest BCUT2D eigenvalue weighted by Gasteiger charge is 2.15. The van der Waals surface area contributed by atoms with Crippen LogP contribution in [0.15, 0.2) is 24.3 Å². The van der Waals surface area contributed by atoms with Crippen molar-refractivity contribution in [2.75, 3.05) is 49.2 Å². The number of anilines is 2. The molecule has 2 aromatic carbocycles. The van der Waals surface area contributed by atoms with Crippen LogP contribution >= 0.6 is 11.6 Å². The molecule has 0 fully saturated rings. The molecular weight excluding hydrogens is 552 g/mol. The number of alkyl halides is 1. The maximum atomic E-state index is 12.0. The minimum atomic E-state index is -0.465. The summed E-state index contributed by atoms with van der Waals surface area (Å²) < 4.78 is 0. The second-order valence-corrected chi connectivity index (χ2v) is 9.34. The summed E-state index contributed by atoms with van der Waals surface area (Å²) in [5, 5.41) is 29.9. The Hall–Kier alpha value is -3.61. The number of amides is 2. The molecular formula is C28H43ClN6O6. The molecule has 0 bridgehead atoms. The summed E-state index contributed by atoms with van der Waals surface area (Å²) in [6.45, 7) is 19.2. The molecule has 12 nitrogen and oxygen atoms in total. The maximum absolute atomic E-state index is 12.0. The number of aryl methyl sites for hydroxylation is 4. The summed E-state index contributed by atoms with van der Waals surface area (Å²) in [4.78, 5) is 45.6. The summed E-state index contributed by atoms with van der Waals surface area (Å²) in [7, 11) is 0. The first-order valence-corrected chi connectivity index (χ1v) is 13.9. The Morgan fingerprint density at radius 1 is 0.732 bits per heavy atom. The monoisotopic (exact) mass is 594 g/mol. The number of nitro benzene ring substituents is 2. The molecule has 0 aliphatic rings. The summed E-state index contributed by atoms with van der Waals surface area (Å²) in [6, 6.07) is 5.77. The van der Waals surface area contributed by atoms with E-state index >= 15 is 0 Å². The number of nitro groups is 2. The van der Waals surface area contributed by atoms with Gasteiger partial charge in [-0.15, -0.1) is 11.6 Å². The summed E-state index contributed by atoms with van der Waals surface area (Å²) in [6.07, 6.45) is 0. The molecule has 0 radical (unpaired) electrons. The molecule has 0 aliphatic carbocycles. The first kappa shape index (κ1) is 37.4. The van der Waals surface area contributed by atoms with Crippen molar-refractivity contribution in [3.8, 4) is 0 Å². The lowest BCUT2D eigenvalue weighted by atomic mass is 10.1. The minimum absolute atomic E-state index is 0.0128. The molecule has 0 aliphatic heterocycles. The maximum Gasteiger partial charge on any atom is 0.270 e. The van der Waals surface area contributed by atoms with Crippen LogP contribution in [-0.2, 0) is 9.59 Å². The van der Waals surface area contributed by atoms with Crippen molar-refractivity contribution in [1.29, 1.82) is 0 Å². The zero-order valence-electron chi connectivity index (χ0n) is 25.2. The van der Waals surface area contributed by atoms with Crippen LogP contribution in [0.3, 0.4) is 0 Å². The molecule has 0 heterocycles. The van der Waals surface area contributed by atoms with Crippen molar-refractivity contribution >= 4 is 46.2 Å². The van der Waals surface area contributed by atoms with Crippen molar-refractivity contribution in [2.45, 2.75) is 55.4 Å². The third-order valence-electron chi connectivity index (χ3n) is 5.87. The van der Waals surface area contributed by atoms with Gasteiger partial charge in [-0.1, -0.05) is 27.7 Å². The van der Waals surface area contributed by atoms with Crippen LogP contribution in [0.25, 0.3) is 0 Å². The largest absolute Gasteiger partial charge is 0.325 e.